The van der Waals surface area contributed by atoms with Gasteiger partial charge >= 0.3 is 0 Å². The smallest absolute Gasteiger partial charge is 0.260 e. The Kier molecular flexibility index (Phi) is 5.30. The molecule has 1 amide bonds. The summed E-state index contributed by atoms with van der Waals surface area (Å²) < 4.78 is 18.8. The van der Waals surface area contributed by atoms with Crippen LogP contribution in [0.15, 0.2) is 18.2 Å². The summed E-state index contributed by atoms with van der Waals surface area (Å²) in [5.41, 5.74) is 0.468. The van der Waals surface area contributed by atoms with Gasteiger partial charge in [-0.25, -0.2) is 4.39 Å². The van der Waals surface area contributed by atoms with Gasteiger partial charge in [0, 0.05) is 13.1 Å². The van der Waals surface area contributed by atoms with E-state index in [0.29, 0.717) is 5.56 Å². The van der Waals surface area contributed by atoms with Gasteiger partial charge < -0.3 is 14.7 Å². The van der Waals surface area contributed by atoms with Gasteiger partial charge in [0.2, 0.25) is 0 Å². The van der Waals surface area contributed by atoms with Crippen molar-refractivity contribution in [3.63, 3.8) is 0 Å². The second kappa shape index (κ2) is 6.52. The van der Waals surface area contributed by atoms with Crippen molar-refractivity contribution in [2.45, 2.75) is 32.9 Å². The maximum absolute atomic E-state index is 13.7. The average molecular weight is 269 g/mol. The minimum atomic E-state index is -0.739. The molecule has 0 bridgehead atoms. The molecule has 106 valence electrons. The zero-order valence-electron chi connectivity index (χ0n) is 11.7. The molecule has 1 rings (SSSR count). The van der Waals surface area contributed by atoms with Gasteiger partial charge in [-0.05, 0) is 38.5 Å². The minimum absolute atomic E-state index is 0.00917. The van der Waals surface area contributed by atoms with Gasteiger partial charge in [0.15, 0.2) is 18.2 Å². The van der Waals surface area contributed by atoms with E-state index in [1.165, 1.54) is 17.0 Å². The lowest BCUT2D eigenvalue weighted by Crippen LogP contribution is -2.36. The van der Waals surface area contributed by atoms with Crippen LogP contribution >= 0.6 is 0 Å². The Morgan fingerprint density at radius 3 is 2.53 bits per heavy atom. The van der Waals surface area contributed by atoms with E-state index in [4.69, 9.17) is 4.74 Å². The number of rotatable bonds is 5. The molecule has 5 heteroatoms. The number of nitrogens with zero attached hydrogens (tertiary/aromatic N) is 1. The molecule has 0 radical (unpaired) electrons. The highest BCUT2D eigenvalue weighted by Gasteiger charge is 2.14. The molecule has 1 aromatic carbocycles. The Labute approximate surface area is 112 Å². The number of likely N-dealkylation sites (N-methyl/N-ethyl adjacent to an activating group) is 1. The Morgan fingerprint density at radius 1 is 1.42 bits per heavy atom. The predicted molar refractivity (Wildman–Crippen MR) is 70.4 cm³/mol. The number of hydrogen-bond acceptors (Lipinski definition) is 3. The Bertz CT molecular complexity index is 446. The summed E-state index contributed by atoms with van der Waals surface area (Å²) in [6, 6.07) is 4.26. The Hall–Kier alpha value is -1.62. The number of hydrogen-bond donors (Lipinski definition) is 1. The van der Waals surface area contributed by atoms with Crippen molar-refractivity contribution in [2.24, 2.45) is 0 Å². The highest BCUT2D eigenvalue weighted by Crippen LogP contribution is 2.21. The number of carbonyl (C=O) groups excluding carboxylic acids is 1. The maximum Gasteiger partial charge on any atom is 0.260 e. The SMILES string of the molecule is CC(C)N(C)C(=O)COc1ccc([C@@H](C)O)cc1F. The van der Waals surface area contributed by atoms with Crippen molar-refractivity contribution >= 4 is 5.91 Å². The van der Waals surface area contributed by atoms with E-state index in [1.54, 1.807) is 20.0 Å². The average Bonchev–Trinajstić information content (AvgIpc) is 2.35. The van der Waals surface area contributed by atoms with Gasteiger partial charge in [0.05, 0.1) is 6.10 Å². The fourth-order valence-corrected chi connectivity index (χ4v) is 1.42. The quantitative estimate of drug-likeness (QED) is 0.890. The normalized spacial score (nSPS) is 12.4. The van der Waals surface area contributed by atoms with Crippen LogP contribution in [-0.4, -0.2) is 35.6 Å². The monoisotopic (exact) mass is 269 g/mol. The third-order valence-corrected chi connectivity index (χ3v) is 2.96. The first-order valence-corrected chi connectivity index (χ1v) is 6.19. The molecule has 0 unspecified atom stereocenters. The van der Waals surface area contributed by atoms with Crippen LogP contribution in [0, 0.1) is 5.82 Å². The highest BCUT2D eigenvalue weighted by molar-refractivity contribution is 5.77. The fraction of sp³-hybridized carbons (Fsp3) is 0.500. The topological polar surface area (TPSA) is 49.8 Å². The van der Waals surface area contributed by atoms with E-state index in [1.807, 2.05) is 13.8 Å². The molecular formula is C14H20FNO3. The molecule has 4 nitrogen and oxygen atoms in total. The zero-order chi connectivity index (χ0) is 14.6. The van der Waals surface area contributed by atoms with Crippen LogP contribution in [0.1, 0.15) is 32.4 Å². The van der Waals surface area contributed by atoms with Crippen LogP contribution in [0.4, 0.5) is 4.39 Å². The fourth-order valence-electron chi connectivity index (χ4n) is 1.42. The van der Waals surface area contributed by atoms with Crippen molar-refractivity contribution < 1.29 is 19.0 Å². The molecule has 0 spiro atoms. The molecule has 0 aliphatic rings. The van der Waals surface area contributed by atoms with Gasteiger partial charge in [-0.3, -0.25) is 4.79 Å². The number of benzene rings is 1. The van der Waals surface area contributed by atoms with Gasteiger partial charge in [0.25, 0.3) is 5.91 Å². The molecule has 19 heavy (non-hydrogen) atoms. The lowest BCUT2D eigenvalue weighted by molar-refractivity contribution is -0.133. The third kappa shape index (κ3) is 4.21. The second-order valence-corrected chi connectivity index (χ2v) is 4.75. The lowest BCUT2D eigenvalue weighted by atomic mass is 10.1. The predicted octanol–water partition coefficient (Wildman–Crippen LogP) is 2.12. The van der Waals surface area contributed by atoms with E-state index >= 15 is 0 Å². The van der Waals surface area contributed by atoms with E-state index in [9.17, 15) is 14.3 Å². The molecule has 0 aromatic heterocycles. The van der Waals surface area contributed by atoms with E-state index in [0.717, 1.165) is 0 Å². The molecule has 0 heterocycles. The molecule has 1 N–H and O–H groups in total. The number of carbonyl (C=O) groups is 1. The van der Waals surface area contributed by atoms with Gasteiger partial charge in [-0.2, -0.15) is 0 Å². The van der Waals surface area contributed by atoms with E-state index < -0.39 is 11.9 Å². The lowest BCUT2D eigenvalue weighted by Gasteiger charge is -2.21. The zero-order valence-corrected chi connectivity index (χ0v) is 11.7. The van der Waals surface area contributed by atoms with Crippen LogP contribution in [-0.2, 0) is 4.79 Å². The molecule has 1 aromatic rings. The van der Waals surface area contributed by atoms with Crippen LogP contribution < -0.4 is 4.74 Å². The number of ether oxygens (including phenoxy) is 1. The summed E-state index contributed by atoms with van der Waals surface area (Å²) in [5, 5.41) is 9.32. The third-order valence-electron chi connectivity index (χ3n) is 2.96. The summed E-state index contributed by atoms with van der Waals surface area (Å²) in [6.45, 7) is 5.11. The van der Waals surface area contributed by atoms with Gasteiger partial charge in [-0.15, -0.1) is 0 Å². The van der Waals surface area contributed by atoms with Gasteiger partial charge in [-0.1, -0.05) is 6.07 Å². The molecule has 0 saturated carbocycles. The minimum Gasteiger partial charge on any atom is -0.481 e. The number of halogens is 1. The first kappa shape index (κ1) is 15.4. The van der Waals surface area contributed by atoms with Crippen molar-refractivity contribution in [3.8, 4) is 5.75 Å². The Balaban J connectivity index is 2.66. The molecule has 0 fully saturated rings. The van der Waals surface area contributed by atoms with Gasteiger partial charge in [0.1, 0.15) is 0 Å². The van der Waals surface area contributed by atoms with Crippen molar-refractivity contribution in [3.05, 3.63) is 29.6 Å². The van der Waals surface area contributed by atoms with E-state index in [2.05, 4.69) is 0 Å². The molecule has 1 atom stereocenters. The summed E-state index contributed by atoms with van der Waals surface area (Å²) >= 11 is 0. The largest absolute Gasteiger partial charge is 0.481 e. The summed E-state index contributed by atoms with van der Waals surface area (Å²) in [4.78, 5) is 13.2. The number of amides is 1. The van der Waals surface area contributed by atoms with Crippen LogP contribution in [0.5, 0.6) is 5.75 Å². The summed E-state index contributed by atoms with van der Waals surface area (Å²) in [6.07, 6.45) is -0.739. The summed E-state index contributed by atoms with van der Waals surface area (Å²) in [5.74, 6) is -0.790. The molecule has 0 aliphatic carbocycles. The maximum atomic E-state index is 13.7. The number of aliphatic hydroxyl groups excluding tert-OH is 1. The van der Waals surface area contributed by atoms with Crippen LogP contribution in [0.3, 0.4) is 0 Å². The first-order chi connectivity index (χ1) is 8.82. The van der Waals surface area contributed by atoms with Crippen molar-refractivity contribution in [2.75, 3.05) is 13.7 Å². The highest BCUT2D eigenvalue weighted by atomic mass is 19.1. The standard InChI is InChI=1S/C14H20FNO3/c1-9(2)16(4)14(18)8-19-13-6-5-11(10(3)17)7-12(13)15/h5-7,9-10,17H,8H2,1-4H3/t10-/m1/s1. The summed E-state index contributed by atoms with van der Waals surface area (Å²) in [7, 11) is 1.67. The van der Waals surface area contributed by atoms with Crippen LogP contribution in [0.2, 0.25) is 0 Å². The molecular weight excluding hydrogens is 249 g/mol. The van der Waals surface area contributed by atoms with Crippen LogP contribution in [0.25, 0.3) is 0 Å². The van der Waals surface area contributed by atoms with Crippen molar-refractivity contribution in [1.29, 1.82) is 0 Å². The Morgan fingerprint density at radius 2 is 2.05 bits per heavy atom. The molecule has 0 aliphatic heterocycles. The number of aliphatic hydroxyl groups is 1. The first-order valence-electron chi connectivity index (χ1n) is 6.19. The molecule has 0 saturated heterocycles. The van der Waals surface area contributed by atoms with Crippen molar-refractivity contribution in [1.82, 2.24) is 4.90 Å². The second-order valence-electron chi connectivity index (χ2n) is 4.75. The van der Waals surface area contributed by atoms with E-state index in [-0.39, 0.29) is 24.3 Å².